The number of amides is 4. The lowest BCUT2D eigenvalue weighted by Crippen LogP contribution is -2.60. The van der Waals surface area contributed by atoms with Crippen molar-refractivity contribution in [3.8, 4) is 16.9 Å². The van der Waals surface area contributed by atoms with Crippen molar-refractivity contribution < 1.29 is 53.8 Å². The third-order valence-electron chi connectivity index (χ3n) is 8.64. The van der Waals surface area contributed by atoms with E-state index in [0.29, 0.717) is 5.56 Å². The highest BCUT2D eigenvalue weighted by atomic mass is 16.7. The first-order chi connectivity index (χ1) is 24.0. The zero-order valence-corrected chi connectivity index (χ0v) is 27.1. The number of nitrogens with two attached hydrogens (primary N) is 1. The van der Waals surface area contributed by atoms with Crippen LogP contribution in [0.15, 0.2) is 72.8 Å². The third kappa shape index (κ3) is 8.38. The lowest BCUT2D eigenvalue weighted by molar-refractivity contribution is -0.277. The normalized spacial score (nSPS) is 22.3. The van der Waals surface area contributed by atoms with Crippen molar-refractivity contribution in [2.24, 2.45) is 5.73 Å². The Bertz CT molecular complexity index is 1640. The number of rotatable bonds is 13. The molecule has 15 heteroatoms. The van der Waals surface area contributed by atoms with E-state index in [4.69, 9.17) is 19.9 Å². The van der Waals surface area contributed by atoms with E-state index in [1.54, 1.807) is 12.1 Å². The molecular formula is C35H40N4O11. The van der Waals surface area contributed by atoms with E-state index in [1.165, 1.54) is 19.1 Å². The molecule has 1 aliphatic carbocycles. The van der Waals surface area contributed by atoms with Gasteiger partial charge in [0.2, 0.25) is 24.0 Å². The number of primary amides is 1. The Morgan fingerprint density at radius 3 is 2.08 bits per heavy atom. The van der Waals surface area contributed by atoms with Crippen molar-refractivity contribution in [3.63, 3.8) is 0 Å². The molecular weight excluding hydrogens is 652 g/mol. The number of aliphatic hydroxyl groups is 4. The average molecular weight is 693 g/mol. The molecule has 15 nitrogen and oxygen atoms in total. The Morgan fingerprint density at radius 2 is 1.48 bits per heavy atom. The molecule has 0 spiro atoms. The van der Waals surface area contributed by atoms with E-state index >= 15 is 0 Å². The van der Waals surface area contributed by atoms with Crippen molar-refractivity contribution in [3.05, 3.63) is 89.5 Å². The first-order valence-corrected chi connectivity index (χ1v) is 16.0. The van der Waals surface area contributed by atoms with E-state index in [2.05, 4.69) is 16.0 Å². The summed E-state index contributed by atoms with van der Waals surface area (Å²) < 4.78 is 16.7. The molecule has 1 saturated heterocycles. The summed E-state index contributed by atoms with van der Waals surface area (Å²) in [5.74, 6) is -2.14. The molecule has 50 heavy (non-hydrogen) atoms. The molecule has 0 radical (unpaired) electrons. The number of hydrogen-bond acceptors (Lipinski definition) is 11. The van der Waals surface area contributed by atoms with Gasteiger partial charge in [0.05, 0.1) is 13.2 Å². The zero-order valence-electron chi connectivity index (χ0n) is 27.1. The number of ether oxygens (including phenoxy) is 3. The molecule has 5 rings (SSSR count). The summed E-state index contributed by atoms with van der Waals surface area (Å²) in [6, 6.07) is 19.7. The molecule has 0 aromatic heterocycles. The van der Waals surface area contributed by atoms with Gasteiger partial charge in [-0.1, -0.05) is 60.7 Å². The largest absolute Gasteiger partial charge is 0.462 e. The molecule has 3 aromatic rings. The summed E-state index contributed by atoms with van der Waals surface area (Å²) in [6.45, 7) is 0.293. The number of alkyl carbamates (subject to hydrolysis) is 1. The van der Waals surface area contributed by atoms with Crippen LogP contribution in [-0.4, -0.2) is 107 Å². The van der Waals surface area contributed by atoms with E-state index in [0.717, 1.165) is 22.3 Å². The lowest BCUT2D eigenvalue weighted by atomic mass is 9.98. The highest BCUT2D eigenvalue weighted by Gasteiger charge is 2.44. The van der Waals surface area contributed by atoms with Crippen molar-refractivity contribution >= 4 is 23.8 Å². The topological polar surface area (TPSA) is 239 Å². The van der Waals surface area contributed by atoms with Gasteiger partial charge in [0.15, 0.2) is 0 Å². The minimum Gasteiger partial charge on any atom is -0.462 e. The molecule has 0 bridgehead atoms. The van der Waals surface area contributed by atoms with Gasteiger partial charge in [0, 0.05) is 12.3 Å². The minimum absolute atomic E-state index is 0.00555. The molecule has 266 valence electrons. The maximum atomic E-state index is 13.3. The van der Waals surface area contributed by atoms with Gasteiger partial charge in [0.25, 0.3) is 0 Å². The fraction of sp³-hybridized carbons (Fsp3) is 0.371. The summed E-state index contributed by atoms with van der Waals surface area (Å²) in [4.78, 5) is 50.0. The van der Waals surface area contributed by atoms with Crippen LogP contribution in [0, 0.1) is 0 Å². The van der Waals surface area contributed by atoms with E-state index < -0.39 is 79.8 Å². The van der Waals surface area contributed by atoms with Gasteiger partial charge in [-0.05, 0) is 46.9 Å². The smallest absolute Gasteiger partial charge is 0.407 e. The summed E-state index contributed by atoms with van der Waals surface area (Å²) in [5.41, 5.74) is 9.87. The van der Waals surface area contributed by atoms with Crippen LogP contribution in [-0.2, 0) is 30.3 Å². The molecule has 1 aliphatic heterocycles. The van der Waals surface area contributed by atoms with Crippen LogP contribution in [0.4, 0.5) is 4.79 Å². The molecule has 0 unspecified atom stereocenters. The number of fused-ring (bicyclic) bond motifs is 3. The van der Waals surface area contributed by atoms with Gasteiger partial charge in [-0.25, -0.2) is 4.79 Å². The van der Waals surface area contributed by atoms with Crippen LogP contribution >= 0.6 is 0 Å². The van der Waals surface area contributed by atoms with Gasteiger partial charge in [0.1, 0.15) is 48.9 Å². The second-order valence-corrected chi connectivity index (χ2v) is 12.1. The number of benzene rings is 3. The van der Waals surface area contributed by atoms with Crippen molar-refractivity contribution in [2.75, 3.05) is 19.8 Å². The SMILES string of the molecule is C[C@H](NC(=O)CNC(=O)[C@H](Cc1ccc(O[C@@H]2O[C@H](CO)[C@@H](O)[C@H](O)[C@H]2O)cc1)NC(=O)OCC1c2ccccc2-c2ccccc21)C(N)=O. The maximum Gasteiger partial charge on any atom is 0.407 e. The highest BCUT2D eigenvalue weighted by molar-refractivity contribution is 5.91. The maximum absolute atomic E-state index is 13.3. The van der Waals surface area contributed by atoms with Crippen LogP contribution in [0.2, 0.25) is 0 Å². The Morgan fingerprint density at radius 1 is 0.860 bits per heavy atom. The third-order valence-corrected chi connectivity index (χ3v) is 8.64. The Hall–Kier alpha value is -5.06. The fourth-order valence-corrected chi connectivity index (χ4v) is 5.88. The fourth-order valence-electron chi connectivity index (χ4n) is 5.88. The predicted molar refractivity (Wildman–Crippen MR) is 176 cm³/mol. The zero-order chi connectivity index (χ0) is 35.9. The molecule has 4 amide bonds. The summed E-state index contributed by atoms with van der Waals surface area (Å²) in [6.07, 6.45) is -8.21. The molecule has 3 aromatic carbocycles. The predicted octanol–water partition coefficient (Wildman–Crippen LogP) is -0.579. The van der Waals surface area contributed by atoms with Gasteiger partial charge in [-0.15, -0.1) is 0 Å². The van der Waals surface area contributed by atoms with Crippen LogP contribution in [0.1, 0.15) is 29.5 Å². The number of carbonyl (C=O) groups is 4. The lowest BCUT2D eigenvalue weighted by Gasteiger charge is -2.39. The van der Waals surface area contributed by atoms with Gasteiger partial charge >= 0.3 is 6.09 Å². The van der Waals surface area contributed by atoms with Crippen LogP contribution in [0.25, 0.3) is 11.1 Å². The quantitative estimate of drug-likeness (QED) is 0.113. The van der Waals surface area contributed by atoms with Gasteiger partial charge in [-0.2, -0.15) is 0 Å². The van der Waals surface area contributed by atoms with Crippen LogP contribution in [0.3, 0.4) is 0 Å². The molecule has 1 heterocycles. The number of hydrogen-bond donors (Lipinski definition) is 8. The summed E-state index contributed by atoms with van der Waals surface area (Å²) >= 11 is 0. The first kappa shape index (κ1) is 36.2. The van der Waals surface area contributed by atoms with Crippen LogP contribution in [0.5, 0.6) is 5.75 Å². The van der Waals surface area contributed by atoms with E-state index in [1.807, 2.05) is 48.5 Å². The Labute approximate surface area is 287 Å². The minimum atomic E-state index is -1.62. The number of aliphatic hydroxyl groups excluding tert-OH is 4. The molecule has 7 atom stereocenters. The van der Waals surface area contributed by atoms with Crippen LogP contribution < -0.4 is 26.4 Å². The monoisotopic (exact) mass is 692 g/mol. The van der Waals surface area contributed by atoms with E-state index in [-0.39, 0.29) is 24.7 Å². The van der Waals surface area contributed by atoms with E-state index in [9.17, 15) is 39.6 Å². The summed E-state index contributed by atoms with van der Waals surface area (Å²) in [7, 11) is 0. The van der Waals surface area contributed by atoms with Crippen molar-refractivity contribution in [1.82, 2.24) is 16.0 Å². The van der Waals surface area contributed by atoms with Gasteiger partial charge in [-0.3, -0.25) is 14.4 Å². The first-order valence-electron chi connectivity index (χ1n) is 16.0. The van der Waals surface area contributed by atoms with Gasteiger partial charge < -0.3 is 56.3 Å². The molecule has 2 aliphatic rings. The standard InChI is InChI=1S/C35H40N4O11/c1-18(32(36)45)38-28(41)15-37-33(46)26(14-19-10-12-20(13-11-19)49-34-31(44)30(43)29(42)27(16-40)50-34)39-35(47)48-17-25-23-8-4-2-6-21(23)22-7-3-5-9-24(22)25/h2-13,18,25-27,29-31,34,40,42-44H,14-17H2,1H3,(H2,36,45)(H,37,46)(H,38,41)(H,39,47)/t18-,26-,27+,29+,30-,31+,34+/m0/s1. The second-order valence-electron chi connectivity index (χ2n) is 12.1. The summed E-state index contributed by atoms with van der Waals surface area (Å²) in [5, 5.41) is 47.2. The average Bonchev–Trinajstić information content (AvgIpc) is 3.43. The highest BCUT2D eigenvalue weighted by Crippen LogP contribution is 2.44. The Kier molecular flexibility index (Phi) is 11.7. The number of nitrogens with one attached hydrogen (secondary N) is 3. The number of carbonyl (C=O) groups excluding carboxylic acids is 4. The van der Waals surface area contributed by atoms with Crippen molar-refractivity contribution in [2.45, 2.75) is 62.1 Å². The second kappa shape index (κ2) is 16.1. The molecule has 0 saturated carbocycles. The molecule has 9 N–H and O–H groups in total. The Balaban J connectivity index is 1.25. The van der Waals surface area contributed by atoms with Crippen molar-refractivity contribution in [1.29, 1.82) is 0 Å². The molecule has 1 fully saturated rings.